The smallest absolute Gasteiger partial charge is 0.243 e. The number of aromatic amines is 1. The average Bonchev–Trinajstić information content (AvgIpc) is 3.52. The van der Waals surface area contributed by atoms with Gasteiger partial charge in [0.1, 0.15) is 10.9 Å². The number of carbonyl (C=O) groups is 2. The number of H-pyrrole nitrogens is 1. The number of hydrogen-bond acceptors (Lipinski definition) is 6. The lowest BCUT2D eigenvalue weighted by Crippen LogP contribution is -2.50. The highest BCUT2D eigenvalue weighted by Crippen LogP contribution is 2.42. The Morgan fingerprint density at radius 1 is 1.12 bits per heavy atom. The molecule has 1 saturated carbocycles. The van der Waals surface area contributed by atoms with Gasteiger partial charge in [0, 0.05) is 35.6 Å². The molecule has 3 aromatic rings. The number of benzene rings is 1. The number of nitrogens with one attached hydrogen (secondary N) is 3. The van der Waals surface area contributed by atoms with Crippen LogP contribution in [0.5, 0.6) is 0 Å². The molecule has 0 unspecified atom stereocenters. The topological polar surface area (TPSA) is 124 Å². The molecule has 1 aromatic carbocycles. The van der Waals surface area contributed by atoms with Gasteiger partial charge < -0.3 is 15.2 Å². The first-order chi connectivity index (χ1) is 19.8. The van der Waals surface area contributed by atoms with Crippen LogP contribution in [-0.2, 0) is 26.0 Å². The number of hydrogen-bond donors (Lipinski definition) is 3. The lowest BCUT2D eigenvalue weighted by Gasteiger charge is -2.34. The van der Waals surface area contributed by atoms with Crippen LogP contribution in [-0.4, -0.2) is 54.2 Å². The number of sulfonamides is 1. The summed E-state index contributed by atoms with van der Waals surface area (Å²) in [6.45, 7) is 4.98. The first-order valence-electron chi connectivity index (χ1n) is 14.5. The standard InChI is InChI=1S/C30H39N5O4S2/c1-3-28(36)33-29-23(26-10-6-18-40-26)7-4-11-27(29)41(38,39)34-25(9-5-8-24-20(2)31-19-32-24)30(37)35-16-14-22(15-17-35)21-12-13-21/h4,6-7,10-11,18-19,21-22,25,34H,3,5,8-9,12-17H2,1-2H3,(H,31,32)(H,33,36)/t25-/m0/s1. The van der Waals surface area contributed by atoms with Crippen molar-refractivity contribution >= 4 is 38.9 Å². The number of amides is 2. The van der Waals surface area contributed by atoms with Gasteiger partial charge in [-0.1, -0.05) is 25.1 Å². The summed E-state index contributed by atoms with van der Waals surface area (Å²) in [5.74, 6) is 0.994. The van der Waals surface area contributed by atoms with Crippen LogP contribution >= 0.6 is 11.3 Å². The minimum atomic E-state index is -4.18. The van der Waals surface area contributed by atoms with Crippen molar-refractivity contribution in [2.75, 3.05) is 18.4 Å². The molecule has 1 atom stereocenters. The Kier molecular flexibility index (Phi) is 9.25. The molecule has 2 aromatic heterocycles. The number of likely N-dealkylation sites (tertiary alicyclic amines) is 1. The largest absolute Gasteiger partial charge is 0.348 e. The van der Waals surface area contributed by atoms with Crippen molar-refractivity contribution in [3.8, 4) is 10.4 Å². The third-order valence-corrected chi connectivity index (χ3v) is 10.7. The Labute approximate surface area is 246 Å². The number of rotatable bonds is 12. The van der Waals surface area contributed by atoms with E-state index in [0.717, 1.165) is 35.0 Å². The molecule has 1 aliphatic heterocycles. The Balaban J connectivity index is 1.40. The molecule has 1 saturated heterocycles. The summed E-state index contributed by atoms with van der Waals surface area (Å²) >= 11 is 1.46. The fraction of sp³-hybridized carbons (Fsp3) is 0.500. The lowest BCUT2D eigenvalue weighted by atomic mass is 9.91. The summed E-state index contributed by atoms with van der Waals surface area (Å²) in [6.07, 6.45) is 7.94. The van der Waals surface area contributed by atoms with Crippen molar-refractivity contribution in [3.05, 3.63) is 53.4 Å². The molecule has 11 heteroatoms. The SMILES string of the molecule is CCC(=O)Nc1c(-c2cccs2)cccc1S(=O)(=O)N[C@@H](CCCc1nc[nH]c1C)C(=O)N1CCC(C2CC2)CC1. The molecule has 1 aliphatic carbocycles. The lowest BCUT2D eigenvalue weighted by molar-refractivity contribution is -0.134. The summed E-state index contributed by atoms with van der Waals surface area (Å²) in [4.78, 5) is 36.4. The van der Waals surface area contributed by atoms with Crippen molar-refractivity contribution in [2.24, 2.45) is 11.8 Å². The monoisotopic (exact) mass is 597 g/mol. The molecule has 220 valence electrons. The van der Waals surface area contributed by atoms with Crippen LogP contribution in [0, 0.1) is 18.8 Å². The molecule has 2 amide bonds. The first kappa shape index (κ1) is 29.5. The number of para-hydroxylation sites is 1. The van der Waals surface area contributed by atoms with E-state index in [1.165, 1.54) is 30.2 Å². The van der Waals surface area contributed by atoms with Crippen molar-refractivity contribution in [1.29, 1.82) is 0 Å². The maximum atomic E-state index is 14.0. The number of imidazole rings is 1. The van der Waals surface area contributed by atoms with Crippen LogP contribution in [0.15, 0.2) is 46.9 Å². The number of piperidine rings is 1. The second kappa shape index (κ2) is 12.9. The highest BCUT2D eigenvalue weighted by Gasteiger charge is 2.37. The number of nitrogens with zero attached hydrogens (tertiary/aromatic N) is 2. The number of anilines is 1. The minimum absolute atomic E-state index is 0.0430. The maximum Gasteiger partial charge on any atom is 0.243 e. The number of thiophene rings is 1. The van der Waals surface area contributed by atoms with E-state index in [0.29, 0.717) is 43.8 Å². The molecule has 0 bridgehead atoms. The summed E-state index contributed by atoms with van der Waals surface area (Å²) in [6, 6.07) is 7.81. The second-order valence-electron chi connectivity index (χ2n) is 11.1. The molecule has 2 fully saturated rings. The van der Waals surface area contributed by atoms with E-state index in [2.05, 4.69) is 20.0 Å². The molecular formula is C30H39N5O4S2. The zero-order valence-corrected chi connectivity index (χ0v) is 25.3. The van der Waals surface area contributed by atoms with E-state index in [1.54, 1.807) is 25.4 Å². The summed E-state index contributed by atoms with van der Waals surface area (Å²) in [7, 11) is -4.18. The molecular weight excluding hydrogens is 558 g/mol. The molecule has 9 nitrogen and oxygen atoms in total. The number of carbonyl (C=O) groups excluding carboxylic acids is 2. The van der Waals surface area contributed by atoms with E-state index >= 15 is 0 Å². The van der Waals surface area contributed by atoms with Gasteiger partial charge in [-0.3, -0.25) is 9.59 Å². The third kappa shape index (κ3) is 7.07. The molecule has 2 aliphatic rings. The van der Waals surface area contributed by atoms with Crippen LogP contribution in [0.2, 0.25) is 0 Å². The van der Waals surface area contributed by atoms with Gasteiger partial charge in [0.25, 0.3) is 0 Å². The van der Waals surface area contributed by atoms with Gasteiger partial charge in [-0.15, -0.1) is 11.3 Å². The predicted molar refractivity (Wildman–Crippen MR) is 161 cm³/mol. The minimum Gasteiger partial charge on any atom is -0.348 e. The second-order valence-corrected chi connectivity index (χ2v) is 13.7. The van der Waals surface area contributed by atoms with Gasteiger partial charge in [-0.05, 0) is 81.2 Å². The zero-order chi connectivity index (χ0) is 29.0. The summed E-state index contributed by atoms with van der Waals surface area (Å²) < 4.78 is 30.7. The van der Waals surface area contributed by atoms with Crippen LogP contribution in [0.3, 0.4) is 0 Å². The maximum absolute atomic E-state index is 14.0. The van der Waals surface area contributed by atoms with Gasteiger partial charge in [0.05, 0.1) is 17.7 Å². The van der Waals surface area contributed by atoms with Crippen molar-refractivity contribution in [2.45, 2.75) is 76.2 Å². The van der Waals surface area contributed by atoms with Gasteiger partial charge in [0.2, 0.25) is 21.8 Å². The first-order valence-corrected chi connectivity index (χ1v) is 16.9. The van der Waals surface area contributed by atoms with E-state index in [4.69, 9.17) is 0 Å². The van der Waals surface area contributed by atoms with Crippen LogP contribution in [0.25, 0.3) is 10.4 Å². The van der Waals surface area contributed by atoms with Gasteiger partial charge in [-0.25, -0.2) is 13.4 Å². The highest BCUT2D eigenvalue weighted by molar-refractivity contribution is 7.89. The van der Waals surface area contributed by atoms with E-state index in [-0.39, 0.29) is 28.8 Å². The van der Waals surface area contributed by atoms with Crippen LogP contribution in [0.1, 0.15) is 63.3 Å². The average molecular weight is 598 g/mol. The Morgan fingerprint density at radius 3 is 2.51 bits per heavy atom. The highest BCUT2D eigenvalue weighted by atomic mass is 32.2. The molecule has 0 spiro atoms. The number of aryl methyl sites for hydroxylation is 2. The van der Waals surface area contributed by atoms with Crippen molar-refractivity contribution in [3.63, 3.8) is 0 Å². The predicted octanol–water partition coefficient (Wildman–Crippen LogP) is 5.11. The van der Waals surface area contributed by atoms with Gasteiger partial charge in [-0.2, -0.15) is 4.72 Å². The molecule has 3 N–H and O–H groups in total. The van der Waals surface area contributed by atoms with Gasteiger partial charge >= 0.3 is 0 Å². The molecule has 41 heavy (non-hydrogen) atoms. The van der Waals surface area contributed by atoms with Gasteiger partial charge in [0.15, 0.2) is 0 Å². The number of aromatic nitrogens is 2. The van der Waals surface area contributed by atoms with Crippen LogP contribution in [0.4, 0.5) is 5.69 Å². The van der Waals surface area contributed by atoms with Crippen LogP contribution < -0.4 is 10.0 Å². The summed E-state index contributed by atoms with van der Waals surface area (Å²) in [5, 5.41) is 4.72. The normalized spacial score (nSPS) is 17.0. The molecule has 5 rings (SSSR count). The summed E-state index contributed by atoms with van der Waals surface area (Å²) in [5.41, 5.74) is 2.75. The third-order valence-electron chi connectivity index (χ3n) is 8.26. The Morgan fingerprint density at radius 2 is 1.88 bits per heavy atom. The van der Waals surface area contributed by atoms with Crippen molar-refractivity contribution < 1.29 is 18.0 Å². The Hall–Kier alpha value is -3.02. The van der Waals surface area contributed by atoms with E-state index in [1.807, 2.05) is 29.3 Å². The fourth-order valence-electron chi connectivity index (χ4n) is 5.72. The van der Waals surface area contributed by atoms with E-state index in [9.17, 15) is 18.0 Å². The zero-order valence-electron chi connectivity index (χ0n) is 23.7. The molecule has 0 radical (unpaired) electrons. The molecule has 3 heterocycles. The fourth-order valence-corrected chi connectivity index (χ4v) is 7.89. The van der Waals surface area contributed by atoms with Crippen molar-refractivity contribution in [1.82, 2.24) is 19.6 Å². The van der Waals surface area contributed by atoms with E-state index < -0.39 is 16.1 Å². The Bertz CT molecular complexity index is 1460. The quantitative estimate of drug-likeness (QED) is 0.268.